The molecule has 26 heavy (non-hydrogen) atoms. The summed E-state index contributed by atoms with van der Waals surface area (Å²) in [7, 11) is 1.83. The van der Waals surface area contributed by atoms with Gasteiger partial charge in [-0.25, -0.2) is 9.64 Å². The minimum absolute atomic E-state index is 0.312. The van der Waals surface area contributed by atoms with Gasteiger partial charge in [-0.1, -0.05) is 45.0 Å². The lowest BCUT2D eigenvalue weighted by molar-refractivity contribution is 0.0516. The number of nitrogens with zero attached hydrogens (tertiary/aromatic N) is 2. The van der Waals surface area contributed by atoms with Gasteiger partial charge < -0.3 is 9.30 Å². The fourth-order valence-electron chi connectivity index (χ4n) is 3.25. The minimum atomic E-state index is -0.376. The van der Waals surface area contributed by atoms with E-state index in [4.69, 9.17) is 11.3 Å². The Kier molecular flexibility index (Phi) is 6.63. The molecule has 1 aromatic heterocycles. The number of aromatic nitrogens is 1. The van der Waals surface area contributed by atoms with E-state index in [0.717, 1.165) is 24.1 Å². The van der Waals surface area contributed by atoms with Crippen LogP contribution in [0.25, 0.3) is 16.0 Å². The highest BCUT2D eigenvalue weighted by Gasteiger charge is 2.26. The number of rotatable bonds is 7. The van der Waals surface area contributed by atoms with Crippen LogP contribution in [-0.4, -0.2) is 17.1 Å². The average Bonchev–Trinajstić information content (AvgIpc) is 2.92. The first kappa shape index (κ1) is 19.8. The third-order valence-corrected chi connectivity index (χ3v) is 4.66. The highest BCUT2D eigenvalue weighted by atomic mass is 16.5. The van der Waals surface area contributed by atoms with Gasteiger partial charge in [-0.2, -0.15) is 0 Å². The van der Waals surface area contributed by atoms with Crippen molar-refractivity contribution in [1.29, 1.82) is 0 Å². The zero-order valence-electron chi connectivity index (χ0n) is 16.4. The van der Waals surface area contributed by atoms with Crippen LogP contribution in [0.15, 0.2) is 24.3 Å². The number of aryl methyl sites for hydroxylation is 1. The highest BCUT2D eigenvalue weighted by Crippen LogP contribution is 2.39. The van der Waals surface area contributed by atoms with Crippen molar-refractivity contribution in [2.45, 2.75) is 47.0 Å². The first-order chi connectivity index (χ1) is 12.4. The van der Waals surface area contributed by atoms with E-state index in [9.17, 15) is 4.79 Å². The number of esters is 1. The van der Waals surface area contributed by atoms with E-state index in [1.54, 1.807) is 6.92 Å². The van der Waals surface area contributed by atoms with Gasteiger partial charge in [0.25, 0.3) is 0 Å². The summed E-state index contributed by atoms with van der Waals surface area (Å²) in [6, 6.07) is 8.22. The molecule has 0 aliphatic rings. The van der Waals surface area contributed by atoms with E-state index >= 15 is 0 Å². The Hall–Kier alpha value is -2.54. The van der Waals surface area contributed by atoms with Crippen molar-refractivity contribution in [3.63, 3.8) is 0 Å². The molecule has 4 heteroatoms. The Morgan fingerprint density at radius 1 is 1.23 bits per heavy atom. The lowest BCUT2D eigenvalue weighted by Crippen LogP contribution is -2.12. The van der Waals surface area contributed by atoms with Gasteiger partial charge in [0, 0.05) is 18.3 Å². The molecule has 0 spiro atoms. The van der Waals surface area contributed by atoms with Gasteiger partial charge in [-0.3, -0.25) is 0 Å². The van der Waals surface area contributed by atoms with Crippen molar-refractivity contribution in [3.8, 4) is 11.1 Å². The van der Waals surface area contributed by atoms with Gasteiger partial charge in [-0.05, 0) is 43.2 Å². The second kappa shape index (κ2) is 8.71. The molecule has 2 rings (SSSR count). The van der Waals surface area contributed by atoms with Crippen molar-refractivity contribution < 1.29 is 9.53 Å². The van der Waals surface area contributed by atoms with Crippen LogP contribution < -0.4 is 0 Å². The summed E-state index contributed by atoms with van der Waals surface area (Å²) in [5, 5.41) is 0. The quantitative estimate of drug-likeness (QED) is 0.482. The van der Waals surface area contributed by atoms with Crippen LogP contribution in [0.2, 0.25) is 0 Å². The molecule has 0 amide bonds. The molecule has 138 valence electrons. The number of carbonyl (C=O) groups is 1. The van der Waals surface area contributed by atoms with Crippen LogP contribution in [0.1, 0.15) is 55.9 Å². The maximum absolute atomic E-state index is 12.6. The number of hydrogen-bond acceptors (Lipinski definition) is 2. The molecule has 0 bridgehead atoms. The first-order valence-electron chi connectivity index (χ1n) is 9.29. The second-order valence-electron chi connectivity index (χ2n) is 6.89. The summed E-state index contributed by atoms with van der Waals surface area (Å²) in [6.45, 7) is 16.2. The molecule has 0 atom stereocenters. The van der Waals surface area contributed by atoms with Crippen LogP contribution in [0.5, 0.6) is 0 Å². The van der Waals surface area contributed by atoms with Crippen LogP contribution in [0.3, 0.4) is 0 Å². The molecule has 0 radical (unpaired) electrons. The van der Waals surface area contributed by atoms with Crippen LogP contribution in [0, 0.1) is 12.5 Å². The van der Waals surface area contributed by atoms with E-state index in [-0.39, 0.29) is 5.97 Å². The molecule has 0 saturated carbocycles. The van der Waals surface area contributed by atoms with Gasteiger partial charge >= 0.3 is 5.97 Å². The molecule has 0 unspecified atom stereocenters. The molecule has 4 nitrogen and oxygen atoms in total. The summed E-state index contributed by atoms with van der Waals surface area (Å²) in [5.74, 6) is 0.290. The molecule has 2 aromatic rings. The van der Waals surface area contributed by atoms with Crippen molar-refractivity contribution in [3.05, 3.63) is 52.6 Å². The largest absolute Gasteiger partial charge is 0.461 e. The lowest BCUT2D eigenvalue weighted by Gasteiger charge is -2.10. The van der Waals surface area contributed by atoms with Crippen LogP contribution in [-0.2, 0) is 24.6 Å². The molecule has 0 N–H and O–H groups in total. The SMILES string of the molecule is [C-]#[N+]c1c(-c2ccc(CCC(C)C)cc2)c(C(=O)OCC)n(C)c1CC. The summed E-state index contributed by atoms with van der Waals surface area (Å²) >= 11 is 0. The van der Waals surface area contributed by atoms with Crippen molar-refractivity contribution in [1.82, 2.24) is 4.57 Å². The van der Waals surface area contributed by atoms with Gasteiger partial charge in [-0.15, -0.1) is 0 Å². The standard InChI is InChI=1S/C22H28N2O2/c1-7-18-20(23-5)19(21(24(18)6)22(25)26-8-2)17-13-11-16(12-14-17)10-9-15(3)4/h11-15H,7-10H2,1-4,6H3. The number of benzene rings is 1. The van der Waals surface area contributed by atoms with Crippen molar-refractivity contribution in [2.24, 2.45) is 13.0 Å². The van der Waals surface area contributed by atoms with Crippen molar-refractivity contribution in [2.75, 3.05) is 6.61 Å². The summed E-state index contributed by atoms with van der Waals surface area (Å²) in [4.78, 5) is 16.3. The number of ether oxygens (including phenoxy) is 1. The average molecular weight is 352 g/mol. The maximum Gasteiger partial charge on any atom is 0.354 e. The van der Waals surface area contributed by atoms with E-state index in [0.29, 0.717) is 35.9 Å². The molecule has 1 heterocycles. The Labute approximate surface area is 156 Å². The predicted octanol–water partition coefficient (Wildman–Crippen LogP) is 5.57. The molecule has 0 fully saturated rings. The van der Waals surface area contributed by atoms with Crippen molar-refractivity contribution >= 4 is 11.7 Å². The lowest BCUT2D eigenvalue weighted by atomic mass is 9.98. The second-order valence-corrected chi connectivity index (χ2v) is 6.89. The Balaban J connectivity index is 2.53. The summed E-state index contributed by atoms with van der Waals surface area (Å²) < 4.78 is 7.07. The topological polar surface area (TPSA) is 35.6 Å². The fraction of sp³-hybridized carbons (Fsp3) is 0.455. The van der Waals surface area contributed by atoms with Gasteiger partial charge in [0.05, 0.1) is 13.2 Å². The minimum Gasteiger partial charge on any atom is -0.461 e. The zero-order chi connectivity index (χ0) is 19.3. The fourth-order valence-corrected chi connectivity index (χ4v) is 3.25. The highest BCUT2D eigenvalue weighted by molar-refractivity contribution is 6.01. The zero-order valence-corrected chi connectivity index (χ0v) is 16.4. The Bertz CT molecular complexity index is 808. The number of carbonyl (C=O) groups excluding carboxylic acids is 1. The Morgan fingerprint density at radius 3 is 2.38 bits per heavy atom. The summed E-state index contributed by atoms with van der Waals surface area (Å²) in [5.41, 5.74) is 4.73. The van der Waals surface area contributed by atoms with Crippen LogP contribution in [0.4, 0.5) is 5.69 Å². The number of hydrogen-bond donors (Lipinski definition) is 0. The molecular weight excluding hydrogens is 324 g/mol. The third kappa shape index (κ3) is 3.99. The third-order valence-electron chi connectivity index (χ3n) is 4.66. The van der Waals surface area contributed by atoms with Gasteiger partial charge in [0.2, 0.25) is 5.69 Å². The van der Waals surface area contributed by atoms with E-state index in [2.05, 4.69) is 30.8 Å². The molecule has 0 saturated heterocycles. The van der Waals surface area contributed by atoms with Gasteiger partial charge in [0.1, 0.15) is 5.69 Å². The molecular formula is C22H28N2O2. The predicted molar refractivity (Wildman–Crippen MR) is 106 cm³/mol. The van der Waals surface area contributed by atoms with Crippen LogP contribution >= 0.6 is 0 Å². The normalized spacial score (nSPS) is 10.8. The monoisotopic (exact) mass is 352 g/mol. The molecule has 1 aromatic carbocycles. The van der Waals surface area contributed by atoms with E-state index in [1.807, 2.05) is 30.7 Å². The van der Waals surface area contributed by atoms with Gasteiger partial charge in [0.15, 0.2) is 0 Å². The summed E-state index contributed by atoms with van der Waals surface area (Å²) in [6.07, 6.45) is 2.87. The molecule has 0 aliphatic heterocycles. The molecule has 0 aliphatic carbocycles. The first-order valence-corrected chi connectivity index (χ1v) is 9.29. The maximum atomic E-state index is 12.6. The van der Waals surface area contributed by atoms with E-state index in [1.165, 1.54) is 5.56 Å². The van der Waals surface area contributed by atoms with E-state index < -0.39 is 0 Å². The smallest absolute Gasteiger partial charge is 0.354 e. The Morgan fingerprint density at radius 2 is 1.88 bits per heavy atom.